The Morgan fingerprint density at radius 1 is 0.895 bits per heavy atom. The minimum atomic E-state index is -1.64. The van der Waals surface area contributed by atoms with Gasteiger partial charge in [0, 0.05) is 71.6 Å². The Kier molecular flexibility index (Phi) is 27.9. The number of halogens is 1. The molecule has 426 valence electrons. The zero-order valence-electron chi connectivity index (χ0n) is 47.8. The van der Waals surface area contributed by atoms with Crippen LogP contribution in [0.2, 0.25) is 5.02 Å². The van der Waals surface area contributed by atoms with Crippen LogP contribution in [0.15, 0.2) is 47.6 Å². The lowest BCUT2D eigenvalue weighted by Gasteiger charge is -2.34. The molecule has 1 aromatic rings. The molecule has 0 saturated heterocycles. The monoisotopic (exact) mass is 1090 g/mol. The Morgan fingerprint density at radius 3 is 2.07 bits per heavy atom. The van der Waals surface area contributed by atoms with Gasteiger partial charge in [-0.1, -0.05) is 82.8 Å². The van der Waals surface area contributed by atoms with Gasteiger partial charge < -0.3 is 49.8 Å². The maximum Gasteiger partial charge on any atom is 0.334 e. The van der Waals surface area contributed by atoms with E-state index in [9.17, 15) is 43.2 Å². The first kappa shape index (κ1) is 66.3. The van der Waals surface area contributed by atoms with E-state index in [0.29, 0.717) is 35.7 Å². The third-order valence-corrected chi connectivity index (χ3v) is 14.0. The van der Waals surface area contributed by atoms with Crippen LogP contribution in [0.3, 0.4) is 0 Å². The van der Waals surface area contributed by atoms with Gasteiger partial charge in [0.2, 0.25) is 35.4 Å². The fourth-order valence-corrected chi connectivity index (χ4v) is 8.24. The molecule has 7 amide bonds. The number of esters is 2. The molecule has 0 aliphatic carbocycles. The topological polar surface area (TPSA) is 230 Å². The Bertz CT molecular complexity index is 2220. The van der Waals surface area contributed by atoms with Crippen molar-refractivity contribution < 1.29 is 57.4 Å². The van der Waals surface area contributed by atoms with E-state index in [2.05, 4.69) is 16.0 Å². The summed E-state index contributed by atoms with van der Waals surface area (Å²) >= 11 is 6.16. The number of unbranched alkanes of at least 4 members (excludes halogenated alkanes) is 3. The largest absolute Gasteiger partial charge is 0.456 e. The van der Waals surface area contributed by atoms with Crippen LogP contribution in [-0.4, -0.2) is 169 Å². The van der Waals surface area contributed by atoms with Crippen molar-refractivity contribution in [2.24, 2.45) is 11.8 Å². The Labute approximate surface area is 456 Å². The van der Waals surface area contributed by atoms with E-state index >= 15 is 0 Å². The van der Waals surface area contributed by atoms with Gasteiger partial charge in [0.1, 0.15) is 36.4 Å². The lowest BCUT2D eigenvalue weighted by molar-refractivity contribution is -0.158. The fraction of sp³-hybridized carbons (Fsp3) is 0.661. The van der Waals surface area contributed by atoms with Crippen molar-refractivity contribution >= 4 is 64.9 Å². The number of allylic oxidation sites excluding steroid dienone is 1. The van der Waals surface area contributed by atoms with Crippen molar-refractivity contribution in [2.75, 3.05) is 54.4 Å². The lowest BCUT2D eigenvalue weighted by atomic mass is 9.96. The van der Waals surface area contributed by atoms with E-state index in [4.69, 9.17) is 25.8 Å². The molecule has 76 heavy (non-hydrogen) atoms. The second kappa shape index (κ2) is 32.0. The van der Waals surface area contributed by atoms with Crippen LogP contribution in [0.25, 0.3) is 0 Å². The molecule has 1 aliphatic heterocycles. The number of cyclic esters (lactones) is 2. The molecule has 20 heteroatoms. The van der Waals surface area contributed by atoms with Crippen LogP contribution in [-0.2, 0) is 63.8 Å². The first-order chi connectivity index (χ1) is 35.5. The standard InChI is InChI=1S/C56H88ClN7O12/c1-16-36(5)45-32-43(74-34-48(67)62(13)29-21-19-18-20-28-61(12)40(9)65)27-22-38(7)54(72)75-46(30-35(3)4)50(68)58-39(8)52(70)64(15)44(31-41-23-25-42(57)26-24-41)53(71)63(14)33-47(66)59-49(37(6)17-2)51(69)60-56(10,11)55(73)76-45/h16,22-26,35,37,39,43-46,49H,17-21,27-34H2,1-15H3,(H,58,68)(H,59,66)(H,60,69)/b36-16+,38-22+/t37?,39-,43-,44+,45-,46+,49-/m0/s1. The number of amides is 7. The number of hydrogen-bond donors (Lipinski definition) is 3. The van der Waals surface area contributed by atoms with Crippen LogP contribution in [0, 0.1) is 11.8 Å². The van der Waals surface area contributed by atoms with Gasteiger partial charge in [-0.3, -0.25) is 33.6 Å². The third-order valence-electron chi connectivity index (χ3n) is 13.8. The van der Waals surface area contributed by atoms with E-state index < -0.39 is 95.9 Å². The maximum absolute atomic E-state index is 14.4. The molecule has 1 aliphatic rings. The van der Waals surface area contributed by atoms with Gasteiger partial charge in [0.25, 0.3) is 5.91 Å². The molecule has 0 bridgehead atoms. The molecule has 0 saturated carbocycles. The third kappa shape index (κ3) is 22.0. The smallest absolute Gasteiger partial charge is 0.334 e. The number of hydrogen-bond acceptors (Lipinski definition) is 12. The lowest BCUT2D eigenvalue weighted by Crippen LogP contribution is -2.60. The van der Waals surface area contributed by atoms with Crippen LogP contribution in [0.1, 0.15) is 133 Å². The molecule has 19 nitrogen and oxygen atoms in total. The molecule has 3 N–H and O–H groups in total. The van der Waals surface area contributed by atoms with E-state index in [1.807, 2.05) is 20.8 Å². The first-order valence-corrected chi connectivity index (χ1v) is 26.9. The predicted molar refractivity (Wildman–Crippen MR) is 291 cm³/mol. The van der Waals surface area contributed by atoms with Crippen molar-refractivity contribution in [1.29, 1.82) is 0 Å². The number of nitrogens with zero attached hydrogens (tertiary/aromatic N) is 4. The summed E-state index contributed by atoms with van der Waals surface area (Å²) < 4.78 is 18.2. The summed E-state index contributed by atoms with van der Waals surface area (Å²) in [6.45, 7) is 18.6. The molecule has 0 fully saturated rings. The van der Waals surface area contributed by atoms with Gasteiger partial charge in [0.05, 0.1) is 12.6 Å². The molecule has 0 spiro atoms. The first-order valence-electron chi connectivity index (χ1n) is 26.5. The fourth-order valence-electron chi connectivity index (χ4n) is 8.11. The normalized spacial score (nSPS) is 23.6. The number of nitrogens with one attached hydrogen (secondary N) is 3. The van der Waals surface area contributed by atoms with Crippen LogP contribution in [0.5, 0.6) is 0 Å². The predicted octanol–water partition coefficient (Wildman–Crippen LogP) is 5.56. The van der Waals surface area contributed by atoms with Crippen LogP contribution < -0.4 is 16.0 Å². The highest BCUT2D eigenvalue weighted by molar-refractivity contribution is 6.30. The second-order valence-corrected chi connectivity index (χ2v) is 21.6. The van der Waals surface area contributed by atoms with Crippen molar-refractivity contribution in [2.45, 2.75) is 176 Å². The molecule has 0 radical (unpaired) electrons. The van der Waals surface area contributed by atoms with Crippen LogP contribution in [0.4, 0.5) is 0 Å². The molecule has 1 unspecified atom stereocenters. The highest BCUT2D eigenvalue weighted by Gasteiger charge is 2.39. The zero-order chi connectivity index (χ0) is 57.6. The SMILES string of the molecule is C/C=C(\C)[C@@H]1C[C@@H](OCC(=O)N(C)CCCCCCN(C)C(C)=O)C/C=C(\C)C(=O)O[C@H](CC(C)C)C(=O)N[C@@H](C)C(=O)N(C)[C@H](Cc2ccc(Cl)cc2)C(=O)N(C)CC(=O)N[C@@H](C(C)CC)C(=O)NC(C)(C)C(=O)O1. The van der Waals surface area contributed by atoms with Gasteiger partial charge in [0.15, 0.2) is 6.10 Å². The number of carbonyl (C=O) groups excluding carboxylic acids is 9. The maximum atomic E-state index is 14.4. The zero-order valence-corrected chi connectivity index (χ0v) is 48.6. The summed E-state index contributed by atoms with van der Waals surface area (Å²) in [7, 11) is 6.25. The number of rotatable bonds is 17. The highest BCUT2D eigenvalue weighted by atomic mass is 35.5. The summed E-state index contributed by atoms with van der Waals surface area (Å²) in [4.78, 5) is 129. The van der Waals surface area contributed by atoms with E-state index in [-0.39, 0.29) is 55.6 Å². The number of benzene rings is 1. The molecular formula is C56H88ClN7O12. The summed E-state index contributed by atoms with van der Waals surface area (Å²) in [5.41, 5.74) is -0.238. The molecule has 1 heterocycles. The second-order valence-electron chi connectivity index (χ2n) is 21.2. The number of ether oxygens (including phenoxy) is 3. The van der Waals surface area contributed by atoms with Crippen molar-refractivity contribution in [3.8, 4) is 0 Å². The van der Waals surface area contributed by atoms with Crippen molar-refractivity contribution in [3.05, 3.63) is 58.1 Å². The summed E-state index contributed by atoms with van der Waals surface area (Å²) in [6, 6.07) is 3.16. The average Bonchev–Trinajstić information content (AvgIpc) is 3.36. The van der Waals surface area contributed by atoms with Crippen LogP contribution >= 0.6 is 11.6 Å². The summed E-state index contributed by atoms with van der Waals surface area (Å²) in [5.74, 6) is -5.83. The van der Waals surface area contributed by atoms with Crippen molar-refractivity contribution in [1.82, 2.24) is 35.6 Å². The Hall–Kier alpha value is -5.82. The Morgan fingerprint density at radius 2 is 1.50 bits per heavy atom. The van der Waals surface area contributed by atoms with E-state index in [1.165, 1.54) is 53.6 Å². The quantitative estimate of drug-likeness (QED) is 0.0990. The molecule has 0 aromatic heterocycles. The minimum Gasteiger partial charge on any atom is -0.456 e. The molecular weight excluding hydrogens is 998 g/mol. The number of likely N-dealkylation sites (N-methyl/N-ethyl adjacent to an activating group) is 3. The summed E-state index contributed by atoms with van der Waals surface area (Å²) in [6.07, 6.45) is 4.20. The van der Waals surface area contributed by atoms with E-state index in [0.717, 1.165) is 30.6 Å². The molecule has 1 aromatic carbocycles. The number of carbonyl (C=O) groups is 9. The minimum absolute atomic E-state index is 0.00470. The van der Waals surface area contributed by atoms with Gasteiger partial charge in [-0.2, -0.15) is 0 Å². The van der Waals surface area contributed by atoms with E-state index in [1.54, 1.807) is 81.1 Å². The highest BCUT2D eigenvalue weighted by Crippen LogP contribution is 2.23. The van der Waals surface area contributed by atoms with Gasteiger partial charge in [-0.15, -0.1) is 0 Å². The van der Waals surface area contributed by atoms with Gasteiger partial charge >= 0.3 is 11.9 Å². The molecule has 7 atom stereocenters. The van der Waals surface area contributed by atoms with Crippen molar-refractivity contribution in [3.63, 3.8) is 0 Å². The average molecular weight is 1090 g/mol. The Balaban J connectivity index is 2.64. The summed E-state index contributed by atoms with van der Waals surface area (Å²) in [5, 5.41) is 8.66. The van der Waals surface area contributed by atoms with Gasteiger partial charge in [-0.25, -0.2) is 9.59 Å². The van der Waals surface area contributed by atoms with Gasteiger partial charge in [-0.05, 0) is 102 Å². The molecule has 2 rings (SSSR count).